The summed E-state index contributed by atoms with van der Waals surface area (Å²) < 4.78 is 31.5. The lowest BCUT2D eigenvalue weighted by molar-refractivity contribution is -0.874. The molecule has 224 valence electrons. The summed E-state index contributed by atoms with van der Waals surface area (Å²) in [7, 11) is 3.00. The Balaban J connectivity index is 1.77. The fraction of sp³-hybridized carbons (Fsp3) is 0.897. The fourth-order valence-corrected chi connectivity index (χ4v) is 7.48. The average molecular weight is 556 g/mol. The molecule has 1 spiro atoms. The Labute approximate surface area is 232 Å². The lowest BCUT2D eigenvalue weighted by atomic mass is 9.78. The van der Waals surface area contributed by atoms with Gasteiger partial charge in [-0.15, -0.1) is 0 Å². The summed E-state index contributed by atoms with van der Waals surface area (Å²) in [6.45, 7) is 15.1. The molecule has 0 radical (unpaired) electrons. The smallest absolute Gasteiger partial charge is 0.311 e. The Morgan fingerprint density at radius 3 is 2.36 bits per heavy atom. The molecule has 4 aliphatic rings. The zero-order valence-corrected chi connectivity index (χ0v) is 25.2. The minimum Gasteiger partial charge on any atom is -0.633 e. The second-order valence-electron chi connectivity index (χ2n) is 13.4. The van der Waals surface area contributed by atoms with Gasteiger partial charge >= 0.3 is 5.97 Å². The fourth-order valence-electron chi connectivity index (χ4n) is 7.48. The van der Waals surface area contributed by atoms with E-state index in [9.17, 15) is 20.2 Å². The van der Waals surface area contributed by atoms with Crippen LogP contribution >= 0.6 is 0 Å². The van der Waals surface area contributed by atoms with E-state index in [1.54, 1.807) is 13.8 Å². The van der Waals surface area contributed by atoms with E-state index in [4.69, 9.17) is 23.7 Å². The van der Waals surface area contributed by atoms with Crippen molar-refractivity contribution in [3.63, 3.8) is 0 Å². The van der Waals surface area contributed by atoms with Crippen LogP contribution in [0.1, 0.15) is 74.7 Å². The van der Waals surface area contributed by atoms with Gasteiger partial charge in [-0.1, -0.05) is 20.8 Å². The summed E-state index contributed by atoms with van der Waals surface area (Å²) in [5, 5.41) is 35.6. The van der Waals surface area contributed by atoms with Crippen molar-refractivity contribution in [3.05, 3.63) is 16.9 Å². The molecule has 10 nitrogen and oxygen atoms in total. The number of aliphatic hydroxyl groups is 2. The minimum atomic E-state index is -1.20. The van der Waals surface area contributed by atoms with Crippen LogP contribution in [0.5, 0.6) is 0 Å². The molecule has 4 aliphatic heterocycles. The van der Waals surface area contributed by atoms with E-state index in [0.717, 1.165) is 5.57 Å². The highest BCUT2D eigenvalue weighted by atomic mass is 16.8. The summed E-state index contributed by atoms with van der Waals surface area (Å²) in [6.07, 6.45) is -1.72. The molecule has 3 fully saturated rings. The predicted octanol–water partition coefficient (Wildman–Crippen LogP) is 3.03. The van der Waals surface area contributed by atoms with Gasteiger partial charge < -0.3 is 43.8 Å². The number of nitrogens with zero attached hydrogens (tertiary/aromatic N) is 1. The third kappa shape index (κ3) is 5.20. The highest BCUT2D eigenvalue weighted by molar-refractivity contribution is 5.73. The number of hydrogen-bond donors (Lipinski definition) is 2. The third-order valence-electron chi connectivity index (χ3n) is 9.63. The van der Waals surface area contributed by atoms with Crippen LogP contribution in [-0.4, -0.2) is 94.8 Å². The molecule has 0 amide bonds. The Morgan fingerprint density at radius 1 is 1.13 bits per heavy atom. The number of carbonyl (C=O) groups excluding carboxylic acids is 1. The second kappa shape index (κ2) is 10.3. The number of esters is 1. The lowest BCUT2D eigenvalue weighted by Gasteiger charge is -2.51. The highest BCUT2D eigenvalue weighted by Gasteiger charge is 2.65. The quantitative estimate of drug-likeness (QED) is 0.233. The maximum atomic E-state index is 13.3. The van der Waals surface area contributed by atoms with Crippen molar-refractivity contribution < 1.29 is 43.3 Å². The predicted molar refractivity (Wildman–Crippen MR) is 143 cm³/mol. The number of fused-ring (bicyclic) bond motifs is 2. The van der Waals surface area contributed by atoms with Gasteiger partial charge in [-0.2, -0.15) is 0 Å². The summed E-state index contributed by atoms with van der Waals surface area (Å²) in [4.78, 5) is 13.3. The number of quaternary nitrogens is 1. The van der Waals surface area contributed by atoms with E-state index in [-0.39, 0.29) is 12.0 Å². The topological polar surface area (TPSA) is 127 Å². The molecule has 0 aromatic carbocycles. The number of rotatable bonds is 4. The zero-order chi connectivity index (χ0) is 29.3. The first-order valence-electron chi connectivity index (χ1n) is 14.4. The van der Waals surface area contributed by atoms with E-state index in [0.29, 0.717) is 19.3 Å². The summed E-state index contributed by atoms with van der Waals surface area (Å²) in [6, 6.07) is -0.656. The molecule has 3 bridgehead atoms. The van der Waals surface area contributed by atoms with Crippen LogP contribution in [0, 0.1) is 23.0 Å². The lowest BCUT2D eigenvalue weighted by Crippen LogP contribution is -2.62. The zero-order valence-electron chi connectivity index (χ0n) is 25.2. The number of cyclic esters (lactones) is 1. The Morgan fingerprint density at radius 2 is 1.77 bits per heavy atom. The molecular weight excluding hydrogens is 506 g/mol. The first kappa shape index (κ1) is 30.8. The monoisotopic (exact) mass is 555 g/mol. The first-order valence-corrected chi connectivity index (χ1v) is 14.4. The number of hydrogen-bond acceptors (Lipinski definition) is 9. The van der Waals surface area contributed by atoms with Crippen LogP contribution in [0.4, 0.5) is 0 Å². The van der Waals surface area contributed by atoms with E-state index < -0.39 is 76.2 Å². The number of hydroxylamine groups is 3. The molecule has 10 heteroatoms. The molecule has 39 heavy (non-hydrogen) atoms. The van der Waals surface area contributed by atoms with Crippen LogP contribution < -0.4 is 0 Å². The highest BCUT2D eigenvalue weighted by Crippen LogP contribution is 2.56. The van der Waals surface area contributed by atoms with Gasteiger partial charge in [-0.25, -0.2) is 0 Å². The third-order valence-corrected chi connectivity index (χ3v) is 9.63. The van der Waals surface area contributed by atoms with Crippen LogP contribution in [0.15, 0.2) is 11.6 Å². The molecule has 1 unspecified atom stereocenters. The number of ether oxygens (including phenoxy) is 5. The summed E-state index contributed by atoms with van der Waals surface area (Å²) in [5.41, 5.74) is -1.00. The number of carbonyl (C=O) groups is 1. The first-order chi connectivity index (χ1) is 17.9. The SMILES string of the molecule is CC[C@H]1OC(=O)[C@H](C)[C@@H](O)[C@H](C)[C@@H](O[C@@H]2O[C@H](C)C[C@H]([N+](C)(C)[O-])[C@H]2O)[C@@]2(C)C[C@@H](C)C3(O2)O[C@@]1(C)C=C3C. The van der Waals surface area contributed by atoms with E-state index >= 15 is 0 Å². The van der Waals surface area contributed by atoms with Crippen molar-refractivity contribution in [1.82, 2.24) is 0 Å². The van der Waals surface area contributed by atoms with Crippen molar-refractivity contribution >= 4 is 5.97 Å². The van der Waals surface area contributed by atoms with Gasteiger partial charge in [0, 0.05) is 18.3 Å². The van der Waals surface area contributed by atoms with Crippen molar-refractivity contribution in [2.75, 3.05) is 14.1 Å². The van der Waals surface area contributed by atoms with E-state index in [1.165, 1.54) is 14.1 Å². The normalized spacial score (nSPS) is 51.1. The Hall–Kier alpha value is -1.11. The number of likely N-dealkylation sites (N-methyl/N-ethyl adjacent to an activating group) is 1. The molecule has 0 saturated carbocycles. The molecule has 3 saturated heterocycles. The largest absolute Gasteiger partial charge is 0.633 e. The maximum Gasteiger partial charge on any atom is 0.311 e. The van der Waals surface area contributed by atoms with E-state index in [1.807, 2.05) is 40.7 Å². The van der Waals surface area contributed by atoms with Crippen molar-refractivity contribution in [2.24, 2.45) is 17.8 Å². The van der Waals surface area contributed by atoms with Gasteiger partial charge in [0.2, 0.25) is 0 Å². The molecular formula is C29H49NO9. The average Bonchev–Trinajstić information content (AvgIpc) is 3.25. The standard InChI is InChI=1S/C29H49NO9/c1-11-21-27(7)13-15(2)29(38-27)16(3)14-28(8,39-29)24(18(5)22(31)19(6)25(33)36-21)37-26-23(32)20(30(9,10)34)12-17(4)35-26/h13,16-24,26,31-32H,11-12,14H2,1-10H3/t16-,17-,18+,19-,20+,21-,22+,23-,24-,26+,27+,28-,29?/m1/s1. The summed E-state index contributed by atoms with van der Waals surface area (Å²) in [5.74, 6) is -3.17. The van der Waals surface area contributed by atoms with Crippen LogP contribution in [0.2, 0.25) is 0 Å². The van der Waals surface area contributed by atoms with Crippen LogP contribution in [0.25, 0.3) is 0 Å². The van der Waals surface area contributed by atoms with Crippen molar-refractivity contribution in [3.8, 4) is 0 Å². The van der Waals surface area contributed by atoms with E-state index in [2.05, 4.69) is 6.92 Å². The molecule has 13 atom stereocenters. The van der Waals surface area contributed by atoms with Crippen molar-refractivity contribution in [2.45, 2.75) is 134 Å². The molecule has 0 aliphatic carbocycles. The summed E-state index contributed by atoms with van der Waals surface area (Å²) >= 11 is 0. The van der Waals surface area contributed by atoms with Crippen molar-refractivity contribution in [1.29, 1.82) is 0 Å². The van der Waals surface area contributed by atoms with Gasteiger partial charge in [0.1, 0.15) is 17.7 Å². The number of aliphatic hydroxyl groups excluding tert-OH is 2. The molecule has 4 rings (SSSR count). The molecule has 0 aromatic rings. The Kier molecular flexibility index (Phi) is 8.15. The minimum absolute atomic E-state index is 0.0940. The Bertz CT molecular complexity index is 967. The molecule has 2 N–H and O–H groups in total. The van der Waals surface area contributed by atoms with Gasteiger partial charge in [0.05, 0.1) is 43.9 Å². The second-order valence-corrected chi connectivity index (χ2v) is 13.4. The molecule has 4 heterocycles. The van der Waals surface area contributed by atoms with Gasteiger partial charge in [0.25, 0.3) is 0 Å². The van der Waals surface area contributed by atoms with Crippen LogP contribution in [0.3, 0.4) is 0 Å². The van der Waals surface area contributed by atoms with Crippen LogP contribution in [-0.2, 0) is 28.5 Å². The van der Waals surface area contributed by atoms with Gasteiger partial charge in [-0.05, 0) is 59.1 Å². The maximum absolute atomic E-state index is 13.3. The van der Waals surface area contributed by atoms with Gasteiger partial charge in [-0.3, -0.25) is 4.79 Å². The molecule has 0 aromatic heterocycles. The van der Waals surface area contributed by atoms with Gasteiger partial charge in [0.15, 0.2) is 18.2 Å².